The zero-order chi connectivity index (χ0) is 16.5. The summed E-state index contributed by atoms with van der Waals surface area (Å²) < 4.78 is 0. The van der Waals surface area contributed by atoms with Crippen molar-refractivity contribution in [2.24, 2.45) is 5.73 Å². The number of fused-ring (bicyclic) bond motifs is 1. The maximum atomic E-state index is 10.7. The Hall–Kier alpha value is -2.11. The van der Waals surface area contributed by atoms with Gasteiger partial charge in [0.1, 0.15) is 11.3 Å². The number of aromatic hydroxyl groups is 1. The number of carboxylic acids is 1. The van der Waals surface area contributed by atoms with Crippen LogP contribution < -0.4 is 11.1 Å². The van der Waals surface area contributed by atoms with Gasteiger partial charge in [0.15, 0.2) is 0 Å². The average molecular weight is 304 g/mol. The second kappa shape index (κ2) is 9.02. The number of rotatable bonds is 5. The van der Waals surface area contributed by atoms with E-state index in [1.165, 1.54) is 12.1 Å². The van der Waals surface area contributed by atoms with Gasteiger partial charge in [-0.2, -0.15) is 0 Å². The number of aromatic carboxylic acids is 1. The summed E-state index contributed by atoms with van der Waals surface area (Å²) in [5, 5.41) is 23.0. The minimum absolute atomic E-state index is 0.0660. The predicted molar refractivity (Wildman–Crippen MR) is 89.4 cm³/mol. The van der Waals surface area contributed by atoms with Crippen molar-refractivity contribution in [3.05, 3.63) is 42.0 Å². The number of carboxylic acid groups (broad SMARTS) is 1. The number of benzene rings is 2. The molecule has 2 aromatic rings. The SMILES string of the molecule is CCNCC(N)CC.O=C(O)c1cc2ccccc2cc1O. The van der Waals surface area contributed by atoms with E-state index < -0.39 is 5.97 Å². The van der Waals surface area contributed by atoms with Crippen LogP contribution in [0.2, 0.25) is 0 Å². The van der Waals surface area contributed by atoms with Gasteiger partial charge in [-0.25, -0.2) is 4.79 Å². The molecule has 0 spiro atoms. The third-order valence-electron chi connectivity index (χ3n) is 3.28. The summed E-state index contributed by atoms with van der Waals surface area (Å²) in [5.74, 6) is -1.32. The molecule has 0 fully saturated rings. The lowest BCUT2D eigenvalue weighted by atomic mass is 10.1. The molecule has 0 aromatic heterocycles. The van der Waals surface area contributed by atoms with Crippen LogP contribution in [0, 0.1) is 0 Å². The van der Waals surface area contributed by atoms with Gasteiger partial charge in [0.05, 0.1) is 0 Å². The topological polar surface area (TPSA) is 95.6 Å². The molecule has 0 saturated carbocycles. The number of phenols is 1. The van der Waals surface area contributed by atoms with Crippen LogP contribution in [-0.4, -0.2) is 35.3 Å². The monoisotopic (exact) mass is 304 g/mol. The zero-order valence-corrected chi connectivity index (χ0v) is 13.0. The van der Waals surface area contributed by atoms with Crippen molar-refractivity contribution in [3.8, 4) is 5.75 Å². The normalized spacial score (nSPS) is 11.6. The van der Waals surface area contributed by atoms with E-state index in [0.717, 1.165) is 30.3 Å². The van der Waals surface area contributed by atoms with Crippen molar-refractivity contribution in [3.63, 3.8) is 0 Å². The first-order valence-corrected chi connectivity index (χ1v) is 7.40. The molecule has 120 valence electrons. The molecule has 0 saturated heterocycles. The van der Waals surface area contributed by atoms with E-state index in [9.17, 15) is 9.90 Å². The molecule has 5 heteroatoms. The predicted octanol–water partition coefficient (Wildman–Crippen LogP) is 2.58. The van der Waals surface area contributed by atoms with Crippen molar-refractivity contribution in [2.45, 2.75) is 26.3 Å². The summed E-state index contributed by atoms with van der Waals surface area (Å²) in [6.07, 6.45) is 1.06. The van der Waals surface area contributed by atoms with Gasteiger partial charge < -0.3 is 21.3 Å². The van der Waals surface area contributed by atoms with Crippen molar-refractivity contribution in [1.82, 2.24) is 5.32 Å². The second-order valence-corrected chi connectivity index (χ2v) is 5.00. The van der Waals surface area contributed by atoms with Crippen LogP contribution in [0.3, 0.4) is 0 Å². The number of likely N-dealkylation sites (N-methyl/N-ethyl adjacent to an activating group) is 1. The van der Waals surface area contributed by atoms with Gasteiger partial charge in [-0.3, -0.25) is 0 Å². The molecule has 0 bridgehead atoms. The second-order valence-electron chi connectivity index (χ2n) is 5.00. The van der Waals surface area contributed by atoms with E-state index in [1.54, 1.807) is 6.07 Å². The van der Waals surface area contributed by atoms with Crippen LogP contribution in [0.4, 0.5) is 0 Å². The fourth-order valence-electron chi connectivity index (χ4n) is 1.87. The third kappa shape index (κ3) is 5.35. The lowest BCUT2D eigenvalue weighted by Crippen LogP contribution is -2.32. The maximum Gasteiger partial charge on any atom is 0.339 e. The first-order valence-electron chi connectivity index (χ1n) is 7.40. The third-order valence-corrected chi connectivity index (χ3v) is 3.28. The van der Waals surface area contributed by atoms with Crippen molar-refractivity contribution < 1.29 is 15.0 Å². The van der Waals surface area contributed by atoms with Crippen molar-refractivity contribution in [2.75, 3.05) is 13.1 Å². The summed E-state index contributed by atoms with van der Waals surface area (Å²) in [5.41, 5.74) is 5.53. The molecule has 1 atom stereocenters. The smallest absolute Gasteiger partial charge is 0.339 e. The van der Waals surface area contributed by atoms with Crippen LogP contribution in [-0.2, 0) is 0 Å². The lowest BCUT2D eigenvalue weighted by molar-refractivity contribution is 0.0694. The number of nitrogens with one attached hydrogen (secondary N) is 1. The molecule has 1 unspecified atom stereocenters. The fourth-order valence-corrected chi connectivity index (χ4v) is 1.87. The Balaban J connectivity index is 0.000000261. The largest absolute Gasteiger partial charge is 0.507 e. The Labute approximate surface area is 130 Å². The Morgan fingerprint density at radius 3 is 2.32 bits per heavy atom. The average Bonchev–Trinajstić information content (AvgIpc) is 2.52. The molecule has 2 aromatic carbocycles. The van der Waals surface area contributed by atoms with Crippen LogP contribution in [0.5, 0.6) is 5.75 Å². The molecule has 0 amide bonds. The molecule has 0 heterocycles. The standard InChI is InChI=1S/C11H8O3.C6H16N2/c12-10-6-8-4-2-1-3-7(8)5-9(10)11(13)14;1-3-6(7)5-8-4-2/h1-6,12H,(H,13,14);6,8H,3-5,7H2,1-2H3. The first-order chi connectivity index (χ1) is 10.5. The highest BCUT2D eigenvalue weighted by Crippen LogP contribution is 2.24. The fraction of sp³-hybridized carbons (Fsp3) is 0.353. The van der Waals surface area contributed by atoms with E-state index in [1.807, 2.05) is 18.2 Å². The van der Waals surface area contributed by atoms with Crippen LogP contribution in [0.1, 0.15) is 30.6 Å². The zero-order valence-electron chi connectivity index (χ0n) is 13.0. The highest BCUT2D eigenvalue weighted by atomic mass is 16.4. The number of nitrogens with two attached hydrogens (primary N) is 1. The molecule has 0 aliphatic carbocycles. The maximum absolute atomic E-state index is 10.7. The summed E-state index contributed by atoms with van der Waals surface area (Å²) in [6.45, 7) is 6.16. The van der Waals surface area contributed by atoms with E-state index >= 15 is 0 Å². The molecule has 5 N–H and O–H groups in total. The van der Waals surface area contributed by atoms with E-state index in [-0.39, 0.29) is 11.3 Å². The molecular formula is C17H24N2O3. The highest BCUT2D eigenvalue weighted by molar-refractivity contribution is 5.97. The van der Waals surface area contributed by atoms with E-state index in [0.29, 0.717) is 6.04 Å². The minimum Gasteiger partial charge on any atom is -0.507 e. The number of hydrogen-bond donors (Lipinski definition) is 4. The van der Waals surface area contributed by atoms with E-state index in [4.69, 9.17) is 10.8 Å². The highest BCUT2D eigenvalue weighted by Gasteiger charge is 2.09. The van der Waals surface area contributed by atoms with Crippen molar-refractivity contribution >= 4 is 16.7 Å². The molecule has 0 radical (unpaired) electrons. The summed E-state index contributed by atoms with van der Waals surface area (Å²) >= 11 is 0. The van der Waals surface area contributed by atoms with Gasteiger partial charge in [0.25, 0.3) is 0 Å². The Morgan fingerprint density at radius 2 is 1.82 bits per heavy atom. The summed E-state index contributed by atoms with van der Waals surface area (Å²) in [6, 6.07) is 10.6. The molecule has 22 heavy (non-hydrogen) atoms. The molecular weight excluding hydrogens is 280 g/mol. The van der Waals surface area contributed by atoms with Gasteiger partial charge in [0, 0.05) is 12.6 Å². The van der Waals surface area contributed by atoms with Gasteiger partial charge in [-0.15, -0.1) is 0 Å². The Bertz CT molecular complexity index is 614. The Morgan fingerprint density at radius 1 is 1.23 bits per heavy atom. The van der Waals surface area contributed by atoms with Gasteiger partial charge >= 0.3 is 5.97 Å². The minimum atomic E-state index is -1.12. The van der Waals surface area contributed by atoms with Crippen molar-refractivity contribution in [1.29, 1.82) is 0 Å². The van der Waals surface area contributed by atoms with Crippen LogP contribution in [0.15, 0.2) is 36.4 Å². The quantitative estimate of drug-likeness (QED) is 0.681. The van der Waals surface area contributed by atoms with Gasteiger partial charge in [-0.05, 0) is 35.9 Å². The molecule has 2 rings (SSSR count). The lowest BCUT2D eigenvalue weighted by Gasteiger charge is -2.06. The Kier molecular flexibility index (Phi) is 7.36. The van der Waals surface area contributed by atoms with E-state index in [2.05, 4.69) is 19.2 Å². The number of hydrogen-bond acceptors (Lipinski definition) is 4. The molecule has 0 aliphatic rings. The van der Waals surface area contributed by atoms with Crippen LogP contribution in [0.25, 0.3) is 10.8 Å². The molecule has 5 nitrogen and oxygen atoms in total. The summed E-state index contributed by atoms with van der Waals surface area (Å²) in [7, 11) is 0. The van der Waals surface area contributed by atoms with Crippen LogP contribution >= 0.6 is 0 Å². The van der Waals surface area contributed by atoms with Gasteiger partial charge in [0.2, 0.25) is 0 Å². The summed E-state index contributed by atoms with van der Waals surface area (Å²) in [4.78, 5) is 10.7. The first kappa shape index (κ1) is 17.9. The number of carbonyl (C=O) groups is 1. The van der Waals surface area contributed by atoms with Gasteiger partial charge in [-0.1, -0.05) is 38.1 Å². The molecule has 0 aliphatic heterocycles.